The third-order valence-corrected chi connectivity index (χ3v) is 10.2. The molecule has 2 atom stereocenters. The summed E-state index contributed by atoms with van der Waals surface area (Å²) >= 11 is 0. The van der Waals surface area contributed by atoms with Crippen LogP contribution in [0, 0.1) is 0 Å². The van der Waals surface area contributed by atoms with E-state index in [9.17, 15) is 0 Å². The molecule has 0 N–H and O–H groups in total. The monoisotopic (exact) mass is 260 g/mol. The van der Waals surface area contributed by atoms with Gasteiger partial charge in [0.25, 0.3) is 0 Å². The summed E-state index contributed by atoms with van der Waals surface area (Å²) in [7, 11) is -1.35. The van der Waals surface area contributed by atoms with E-state index in [4.69, 9.17) is 4.74 Å². The summed E-state index contributed by atoms with van der Waals surface area (Å²) in [6.07, 6.45) is 4.74. The minimum Gasteiger partial charge on any atom is -0.369 e. The minimum atomic E-state index is -1.35. The molecule has 1 nitrogen and oxygen atoms in total. The van der Waals surface area contributed by atoms with E-state index in [2.05, 4.69) is 70.3 Å². The summed E-state index contributed by atoms with van der Waals surface area (Å²) in [5.74, 6) is 0. The molecule has 1 heterocycles. The maximum absolute atomic E-state index is 5.90. The Morgan fingerprint density at radius 1 is 1.11 bits per heavy atom. The van der Waals surface area contributed by atoms with Crippen molar-refractivity contribution in [3.05, 3.63) is 42.0 Å². The van der Waals surface area contributed by atoms with Crippen LogP contribution in [0.15, 0.2) is 36.4 Å². The zero-order valence-corrected chi connectivity index (χ0v) is 13.1. The highest BCUT2D eigenvalue weighted by molar-refractivity contribution is 6.82. The summed E-state index contributed by atoms with van der Waals surface area (Å²) in [4.78, 5) is 0. The van der Waals surface area contributed by atoms with E-state index in [0.717, 1.165) is 0 Å². The Hall–Kier alpha value is -0.863. The first-order chi connectivity index (χ1) is 8.32. The normalized spacial score (nSPS) is 24.5. The second kappa shape index (κ2) is 4.67. The van der Waals surface area contributed by atoms with Gasteiger partial charge in [-0.3, -0.25) is 0 Å². The molecule has 0 bridgehead atoms. The highest BCUT2D eigenvalue weighted by atomic mass is 28.3. The van der Waals surface area contributed by atoms with Gasteiger partial charge in [0.2, 0.25) is 0 Å². The van der Waals surface area contributed by atoms with Crippen LogP contribution in [-0.4, -0.2) is 19.9 Å². The van der Waals surface area contributed by atoms with Gasteiger partial charge in [0.15, 0.2) is 0 Å². The van der Waals surface area contributed by atoms with Crippen LogP contribution in [0.5, 0.6) is 0 Å². The van der Waals surface area contributed by atoms with Crippen LogP contribution in [0.3, 0.4) is 0 Å². The molecule has 0 amide bonds. The lowest BCUT2D eigenvalue weighted by Gasteiger charge is -2.35. The summed E-state index contributed by atoms with van der Waals surface area (Å²) in [5.41, 5.74) is 1.74. The zero-order valence-electron chi connectivity index (χ0n) is 12.1. The van der Waals surface area contributed by atoms with Gasteiger partial charge in [-0.2, -0.15) is 0 Å². The third kappa shape index (κ3) is 2.75. The van der Waals surface area contributed by atoms with E-state index in [0.29, 0.717) is 16.9 Å². The fourth-order valence-electron chi connectivity index (χ4n) is 2.05. The van der Waals surface area contributed by atoms with E-state index in [-0.39, 0.29) is 0 Å². The van der Waals surface area contributed by atoms with Crippen molar-refractivity contribution in [1.29, 1.82) is 0 Å². The number of hydrogen-bond acceptors (Lipinski definition) is 1. The van der Waals surface area contributed by atoms with Crippen molar-refractivity contribution in [2.24, 2.45) is 0 Å². The van der Waals surface area contributed by atoms with E-state index in [1.807, 2.05) is 6.07 Å². The quantitative estimate of drug-likeness (QED) is 0.575. The van der Waals surface area contributed by atoms with E-state index < -0.39 is 8.07 Å². The lowest BCUT2D eigenvalue weighted by molar-refractivity contribution is 0.417. The molecular weight excluding hydrogens is 236 g/mol. The van der Waals surface area contributed by atoms with E-state index >= 15 is 0 Å². The second-order valence-electron chi connectivity index (χ2n) is 6.76. The highest BCUT2D eigenvalue weighted by Crippen LogP contribution is 2.46. The summed E-state index contributed by atoms with van der Waals surface area (Å²) in [6.45, 7) is 11.9. The molecular formula is C16H24OSi. The van der Waals surface area contributed by atoms with Crippen molar-refractivity contribution in [3.8, 4) is 0 Å². The molecule has 0 unspecified atom stereocenters. The lowest BCUT2D eigenvalue weighted by Crippen LogP contribution is -2.44. The molecule has 1 aromatic carbocycles. The van der Waals surface area contributed by atoms with Gasteiger partial charge in [-0.1, -0.05) is 76.3 Å². The minimum absolute atomic E-state index is 0.339. The number of hydrogen-bond donors (Lipinski definition) is 0. The Kier molecular flexibility index (Phi) is 3.52. The van der Waals surface area contributed by atoms with Crippen molar-refractivity contribution < 1.29 is 4.74 Å². The lowest BCUT2D eigenvalue weighted by atomic mass is 10.2. The van der Waals surface area contributed by atoms with Gasteiger partial charge >= 0.3 is 0 Å². The maximum atomic E-state index is 5.90. The van der Waals surface area contributed by atoms with Gasteiger partial charge in [0.05, 0.1) is 19.9 Å². The zero-order chi connectivity index (χ0) is 13.4. The summed E-state index contributed by atoms with van der Waals surface area (Å²) < 4.78 is 5.90. The van der Waals surface area contributed by atoms with Crippen LogP contribution in [0.25, 0.3) is 6.08 Å². The van der Waals surface area contributed by atoms with Gasteiger partial charge in [-0.25, -0.2) is 0 Å². The second-order valence-corrected chi connectivity index (χ2v) is 12.3. The molecule has 2 rings (SSSR count). The summed E-state index contributed by atoms with van der Waals surface area (Å²) in [6, 6.07) is 10.4. The molecule has 1 saturated heterocycles. The van der Waals surface area contributed by atoms with Crippen LogP contribution in [0.4, 0.5) is 0 Å². The standard InChI is InChI=1S/C16H24OSi/c1-16(2,3)18(4,5)15-14(17-15)12-11-13-9-7-6-8-10-13/h6-12,14-15H,1-5H3/b12-11+/t14-,15-/m1/s1. The van der Waals surface area contributed by atoms with Gasteiger partial charge in [-0.05, 0) is 10.6 Å². The Morgan fingerprint density at radius 3 is 2.28 bits per heavy atom. The van der Waals surface area contributed by atoms with Crippen LogP contribution in [0.1, 0.15) is 26.3 Å². The fraction of sp³-hybridized carbons (Fsp3) is 0.500. The Morgan fingerprint density at radius 2 is 1.72 bits per heavy atom. The maximum Gasteiger partial charge on any atom is 0.0992 e. The van der Waals surface area contributed by atoms with Crippen LogP contribution >= 0.6 is 0 Å². The predicted molar refractivity (Wildman–Crippen MR) is 81.3 cm³/mol. The topological polar surface area (TPSA) is 12.5 Å². The highest BCUT2D eigenvalue weighted by Gasteiger charge is 2.54. The van der Waals surface area contributed by atoms with Gasteiger partial charge < -0.3 is 4.74 Å². The van der Waals surface area contributed by atoms with Crippen molar-refractivity contribution in [1.82, 2.24) is 0 Å². The first kappa shape index (κ1) is 13.6. The van der Waals surface area contributed by atoms with Gasteiger partial charge in [0, 0.05) is 0 Å². The van der Waals surface area contributed by atoms with Gasteiger partial charge in [0.1, 0.15) is 0 Å². The van der Waals surface area contributed by atoms with Crippen LogP contribution in [0.2, 0.25) is 18.1 Å². The van der Waals surface area contributed by atoms with Gasteiger partial charge in [-0.15, -0.1) is 0 Å². The molecule has 0 radical (unpaired) electrons. The Labute approximate surface area is 112 Å². The first-order valence-electron chi connectivity index (χ1n) is 6.71. The van der Waals surface area contributed by atoms with E-state index in [1.54, 1.807) is 0 Å². The molecule has 18 heavy (non-hydrogen) atoms. The SMILES string of the molecule is CC(C)(C)[Si](C)(C)[C@H]1O[C@@H]1/C=C/c1ccccc1. The number of benzene rings is 1. The van der Waals surface area contributed by atoms with E-state index in [1.165, 1.54) is 5.56 Å². The number of epoxide rings is 1. The molecule has 98 valence electrons. The molecule has 1 aliphatic heterocycles. The fourth-order valence-corrected chi connectivity index (χ4v) is 4.33. The molecule has 1 aliphatic rings. The van der Waals surface area contributed by atoms with Crippen molar-refractivity contribution in [2.45, 2.75) is 50.7 Å². The number of ether oxygens (including phenoxy) is 1. The van der Waals surface area contributed by atoms with Crippen molar-refractivity contribution >= 4 is 14.1 Å². The Bertz CT molecular complexity index is 428. The first-order valence-corrected chi connectivity index (χ1v) is 9.79. The summed E-state index contributed by atoms with van der Waals surface area (Å²) in [5, 5.41) is 0.396. The third-order valence-electron chi connectivity index (χ3n) is 4.45. The van der Waals surface area contributed by atoms with Crippen LogP contribution < -0.4 is 0 Å². The van der Waals surface area contributed by atoms with Crippen molar-refractivity contribution in [3.63, 3.8) is 0 Å². The number of rotatable bonds is 3. The largest absolute Gasteiger partial charge is 0.369 e. The van der Waals surface area contributed by atoms with Crippen molar-refractivity contribution in [2.75, 3.05) is 0 Å². The smallest absolute Gasteiger partial charge is 0.0992 e. The predicted octanol–water partition coefficient (Wildman–Crippen LogP) is 4.51. The molecule has 1 fully saturated rings. The average Bonchev–Trinajstić information content (AvgIpc) is 3.06. The van der Waals surface area contributed by atoms with Crippen LogP contribution in [-0.2, 0) is 4.74 Å². The Balaban J connectivity index is 1.99. The molecule has 0 aliphatic carbocycles. The average molecular weight is 260 g/mol. The molecule has 1 aromatic rings. The molecule has 2 heteroatoms. The molecule has 0 aromatic heterocycles. The molecule has 0 spiro atoms. The molecule has 0 saturated carbocycles.